The predicted octanol–water partition coefficient (Wildman–Crippen LogP) is 2.92. The van der Waals surface area contributed by atoms with Gasteiger partial charge < -0.3 is 14.6 Å². The first-order chi connectivity index (χ1) is 13.0. The molecule has 0 aliphatic carbocycles. The normalized spacial score (nSPS) is 11.9. The average Bonchev–Trinajstić information content (AvgIpc) is 3.08. The summed E-state index contributed by atoms with van der Waals surface area (Å²) < 4.78 is 46.7. The van der Waals surface area contributed by atoms with Gasteiger partial charge in [-0.15, -0.1) is 0 Å². The molecule has 27 heavy (non-hydrogen) atoms. The van der Waals surface area contributed by atoms with E-state index in [1.165, 1.54) is 41.2 Å². The van der Waals surface area contributed by atoms with E-state index < -0.39 is 30.4 Å². The number of carbonyl (C=O) groups is 1. The number of aromatic nitrogens is 3. The van der Waals surface area contributed by atoms with E-state index in [2.05, 4.69) is 20.0 Å². The molecule has 9 heteroatoms. The van der Waals surface area contributed by atoms with Crippen molar-refractivity contribution in [2.45, 2.75) is 6.04 Å². The standard InChI is InChI=1S/C18H15F3N4O2/c1-25-8-7-23-17(25)18(26)24-15(16-12(20)3-2-6-22-16)11-4-5-14(27-10-19)13(21)9-11/h2-9,15H,10H2,1H3,(H,24,26)/t15-/m0/s1. The van der Waals surface area contributed by atoms with Crippen LogP contribution >= 0.6 is 0 Å². The maximum atomic E-state index is 14.3. The second-order valence-corrected chi connectivity index (χ2v) is 5.58. The minimum absolute atomic E-state index is 0.0918. The number of hydrogen-bond donors (Lipinski definition) is 1. The number of alkyl halides is 1. The molecule has 2 aromatic heterocycles. The maximum absolute atomic E-state index is 14.3. The van der Waals surface area contributed by atoms with Crippen molar-refractivity contribution in [1.82, 2.24) is 19.9 Å². The molecule has 0 fully saturated rings. The molecular weight excluding hydrogens is 361 g/mol. The Morgan fingerprint density at radius 2 is 2.04 bits per heavy atom. The second-order valence-electron chi connectivity index (χ2n) is 5.58. The summed E-state index contributed by atoms with van der Waals surface area (Å²) in [5, 5.41) is 2.61. The van der Waals surface area contributed by atoms with Crippen molar-refractivity contribution < 1.29 is 22.7 Å². The molecule has 0 spiro atoms. The summed E-state index contributed by atoms with van der Waals surface area (Å²) in [4.78, 5) is 20.4. The Labute approximate surface area is 152 Å². The zero-order valence-electron chi connectivity index (χ0n) is 14.2. The van der Waals surface area contributed by atoms with E-state index in [-0.39, 0.29) is 22.8 Å². The van der Waals surface area contributed by atoms with Gasteiger partial charge in [0, 0.05) is 25.6 Å². The van der Waals surface area contributed by atoms with Crippen LogP contribution in [0.25, 0.3) is 0 Å². The fourth-order valence-corrected chi connectivity index (χ4v) is 2.57. The monoisotopic (exact) mass is 376 g/mol. The van der Waals surface area contributed by atoms with E-state index >= 15 is 0 Å². The second kappa shape index (κ2) is 7.90. The van der Waals surface area contributed by atoms with Crippen LogP contribution in [0.4, 0.5) is 13.2 Å². The molecule has 0 unspecified atom stereocenters. The fourth-order valence-electron chi connectivity index (χ4n) is 2.57. The first-order valence-electron chi connectivity index (χ1n) is 7.88. The van der Waals surface area contributed by atoms with Crippen molar-refractivity contribution >= 4 is 5.91 Å². The molecule has 0 saturated carbocycles. The van der Waals surface area contributed by atoms with Crippen molar-refractivity contribution in [1.29, 1.82) is 0 Å². The molecule has 0 saturated heterocycles. The Morgan fingerprint density at radius 3 is 2.67 bits per heavy atom. The lowest BCUT2D eigenvalue weighted by molar-refractivity contribution is 0.0928. The number of aryl methyl sites for hydroxylation is 1. The molecule has 1 atom stereocenters. The van der Waals surface area contributed by atoms with Gasteiger partial charge in [-0.1, -0.05) is 6.07 Å². The van der Waals surface area contributed by atoms with Crippen LogP contribution in [-0.2, 0) is 7.05 Å². The number of amides is 1. The van der Waals surface area contributed by atoms with Gasteiger partial charge in [-0.2, -0.15) is 0 Å². The van der Waals surface area contributed by atoms with Crippen molar-refractivity contribution in [2.75, 3.05) is 6.86 Å². The van der Waals surface area contributed by atoms with Crippen molar-refractivity contribution in [2.24, 2.45) is 7.05 Å². The topological polar surface area (TPSA) is 69.0 Å². The van der Waals surface area contributed by atoms with Gasteiger partial charge in [0.1, 0.15) is 11.5 Å². The minimum Gasteiger partial charge on any atom is -0.460 e. The number of ether oxygens (including phenoxy) is 1. The van der Waals surface area contributed by atoms with Crippen molar-refractivity contribution in [3.8, 4) is 5.75 Å². The Kier molecular flexibility index (Phi) is 5.39. The molecule has 6 nitrogen and oxygen atoms in total. The predicted molar refractivity (Wildman–Crippen MR) is 89.7 cm³/mol. The SMILES string of the molecule is Cn1ccnc1C(=O)N[C@@H](c1ccc(OCF)c(F)c1)c1ncccc1F. The number of hydrogen-bond acceptors (Lipinski definition) is 4. The summed E-state index contributed by atoms with van der Waals surface area (Å²) in [6.07, 6.45) is 4.37. The Balaban J connectivity index is 2.00. The molecule has 1 aromatic carbocycles. The molecule has 1 N–H and O–H groups in total. The first kappa shape index (κ1) is 18.4. The highest BCUT2D eigenvalue weighted by Gasteiger charge is 2.24. The lowest BCUT2D eigenvalue weighted by Gasteiger charge is -2.20. The molecule has 0 radical (unpaired) electrons. The third-order valence-corrected chi connectivity index (χ3v) is 3.86. The van der Waals surface area contributed by atoms with Gasteiger partial charge in [0.25, 0.3) is 5.91 Å². The number of benzene rings is 1. The van der Waals surface area contributed by atoms with Crippen LogP contribution in [0.15, 0.2) is 48.9 Å². The van der Waals surface area contributed by atoms with E-state index in [1.807, 2.05) is 0 Å². The molecule has 1 amide bonds. The highest BCUT2D eigenvalue weighted by atomic mass is 19.1. The number of halogens is 3. The summed E-state index contributed by atoms with van der Waals surface area (Å²) in [6, 6.07) is 5.11. The van der Waals surface area contributed by atoms with Gasteiger partial charge in [0.15, 0.2) is 17.4 Å². The molecule has 140 valence electrons. The number of pyridine rings is 1. The summed E-state index contributed by atoms with van der Waals surface area (Å²) >= 11 is 0. The number of carbonyl (C=O) groups excluding carboxylic acids is 1. The van der Waals surface area contributed by atoms with Gasteiger partial charge in [-0.3, -0.25) is 9.78 Å². The summed E-state index contributed by atoms with van der Waals surface area (Å²) in [5.74, 6) is -2.32. The highest BCUT2D eigenvalue weighted by molar-refractivity contribution is 5.91. The Hall–Kier alpha value is -3.36. The van der Waals surface area contributed by atoms with Crippen LogP contribution in [0, 0.1) is 11.6 Å². The van der Waals surface area contributed by atoms with Crippen LogP contribution in [0.1, 0.15) is 27.9 Å². The molecule has 0 aliphatic rings. The smallest absolute Gasteiger partial charge is 0.288 e. The van der Waals surface area contributed by atoms with Crippen molar-refractivity contribution in [3.05, 3.63) is 77.6 Å². The third-order valence-electron chi connectivity index (χ3n) is 3.86. The summed E-state index contributed by atoms with van der Waals surface area (Å²) in [6.45, 7) is -1.19. The lowest BCUT2D eigenvalue weighted by Crippen LogP contribution is -2.32. The van der Waals surface area contributed by atoms with Gasteiger partial charge in [0.05, 0.1) is 6.04 Å². The highest BCUT2D eigenvalue weighted by Crippen LogP contribution is 2.27. The minimum atomic E-state index is -1.19. The van der Waals surface area contributed by atoms with Crippen LogP contribution < -0.4 is 10.1 Å². The van der Waals surface area contributed by atoms with Gasteiger partial charge in [0.2, 0.25) is 6.86 Å². The van der Waals surface area contributed by atoms with E-state index in [0.29, 0.717) is 0 Å². The number of nitrogens with zero attached hydrogens (tertiary/aromatic N) is 3. The van der Waals surface area contributed by atoms with Gasteiger partial charge >= 0.3 is 0 Å². The molecule has 3 aromatic rings. The molecular formula is C18H15F3N4O2. The van der Waals surface area contributed by atoms with Gasteiger partial charge in [-0.25, -0.2) is 18.2 Å². The van der Waals surface area contributed by atoms with E-state index in [9.17, 15) is 18.0 Å². The molecule has 0 bridgehead atoms. The van der Waals surface area contributed by atoms with E-state index in [1.54, 1.807) is 13.2 Å². The number of rotatable bonds is 6. The van der Waals surface area contributed by atoms with Gasteiger partial charge in [-0.05, 0) is 29.8 Å². The average molecular weight is 376 g/mol. The summed E-state index contributed by atoms with van der Waals surface area (Å²) in [5.41, 5.74) is 0.109. The zero-order chi connectivity index (χ0) is 19.4. The maximum Gasteiger partial charge on any atom is 0.288 e. The van der Waals surface area contributed by atoms with Crippen LogP contribution in [-0.4, -0.2) is 27.3 Å². The fraction of sp³-hybridized carbons (Fsp3) is 0.167. The number of imidazole rings is 1. The first-order valence-corrected chi connectivity index (χ1v) is 7.88. The van der Waals surface area contributed by atoms with Crippen LogP contribution in [0.3, 0.4) is 0 Å². The zero-order valence-corrected chi connectivity index (χ0v) is 14.2. The van der Waals surface area contributed by atoms with E-state index in [0.717, 1.165) is 6.07 Å². The van der Waals surface area contributed by atoms with Crippen LogP contribution in [0.2, 0.25) is 0 Å². The quantitative estimate of drug-likeness (QED) is 0.718. The lowest BCUT2D eigenvalue weighted by atomic mass is 10.0. The van der Waals surface area contributed by atoms with Crippen molar-refractivity contribution in [3.63, 3.8) is 0 Å². The number of nitrogens with one attached hydrogen (secondary N) is 1. The Bertz CT molecular complexity index is 961. The molecule has 3 rings (SSSR count). The Morgan fingerprint density at radius 1 is 1.22 bits per heavy atom. The van der Waals surface area contributed by atoms with E-state index in [4.69, 9.17) is 0 Å². The summed E-state index contributed by atoms with van der Waals surface area (Å²) in [7, 11) is 1.63. The molecule has 2 heterocycles. The molecule has 0 aliphatic heterocycles. The largest absolute Gasteiger partial charge is 0.460 e. The third kappa shape index (κ3) is 3.91. The van der Waals surface area contributed by atoms with Crippen LogP contribution in [0.5, 0.6) is 5.75 Å².